The highest BCUT2D eigenvalue weighted by Crippen LogP contribution is 2.36. The van der Waals surface area contributed by atoms with Crippen LogP contribution in [0.15, 0.2) is 40.8 Å². The van der Waals surface area contributed by atoms with Crippen LogP contribution in [0.5, 0.6) is 5.75 Å². The number of methoxy groups -OCH3 is 1. The van der Waals surface area contributed by atoms with Gasteiger partial charge in [0.15, 0.2) is 0 Å². The second-order valence-electron chi connectivity index (χ2n) is 4.91. The van der Waals surface area contributed by atoms with Crippen molar-refractivity contribution in [2.45, 2.75) is 0 Å². The van der Waals surface area contributed by atoms with Gasteiger partial charge in [-0.15, -0.1) is 0 Å². The molecule has 3 aromatic rings. The molecule has 0 radical (unpaired) electrons. The van der Waals surface area contributed by atoms with Gasteiger partial charge in [0.2, 0.25) is 5.91 Å². The van der Waals surface area contributed by atoms with E-state index in [1.165, 1.54) is 7.11 Å². The van der Waals surface area contributed by atoms with Gasteiger partial charge in [-0.2, -0.15) is 0 Å². The minimum Gasteiger partial charge on any atom is -0.495 e. The second kappa shape index (κ2) is 5.88. The summed E-state index contributed by atoms with van der Waals surface area (Å²) in [6, 6.07) is 10.4. The number of carbonyl (C=O) groups excluding carboxylic acids is 2. The van der Waals surface area contributed by atoms with Crippen LogP contribution in [-0.4, -0.2) is 25.6 Å². The molecule has 0 spiro atoms. The molecule has 1 heterocycles. The average molecular weight is 313 g/mol. The first kappa shape index (κ1) is 14.7. The first-order valence-corrected chi connectivity index (χ1v) is 6.91. The number of primary amides is 1. The quantitative estimate of drug-likeness (QED) is 0.684. The number of benzene rings is 2. The number of imide groups is 1. The number of fused-ring (bicyclic) bond motifs is 3. The average Bonchev–Trinajstić information content (AvgIpc) is 2.88. The lowest BCUT2D eigenvalue weighted by Crippen LogP contribution is -2.38. The first-order valence-electron chi connectivity index (χ1n) is 6.91. The smallest absolute Gasteiger partial charge is 0.318 e. The van der Waals surface area contributed by atoms with Crippen LogP contribution in [0.25, 0.3) is 21.9 Å². The molecular formula is C16H15N3O4. The molecule has 0 aliphatic carbocycles. The zero-order chi connectivity index (χ0) is 16.4. The van der Waals surface area contributed by atoms with Gasteiger partial charge in [-0.3, -0.25) is 10.1 Å². The van der Waals surface area contributed by atoms with E-state index in [-0.39, 0.29) is 6.54 Å². The van der Waals surface area contributed by atoms with Crippen LogP contribution in [-0.2, 0) is 4.79 Å². The number of hydrogen-bond donors (Lipinski definition) is 3. The Hall–Kier alpha value is -3.22. The van der Waals surface area contributed by atoms with Crippen LogP contribution >= 0.6 is 0 Å². The Kier molecular flexibility index (Phi) is 3.76. The lowest BCUT2D eigenvalue weighted by molar-refractivity contribution is -0.118. The molecule has 3 amide bonds. The van der Waals surface area contributed by atoms with Gasteiger partial charge >= 0.3 is 6.03 Å². The normalized spacial score (nSPS) is 10.7. The van der Waals surface area contributed by atoms with E-state index in [1.54, 1.807) is 6.07 Å². The number of nitrogens with two attached hydrogens (primary N) is 1. The van der Waals surface area contributed by atoms with Gasteiger partial charge in [-0.25, -0.2) is 4.79 Å². The van der Waals surface area contributed by atoms with Crippen molar-refractivity contribution in [3.63, 3.8) is 0 Å². The predicted molar refractivity (Wildman–Crippen MR) is 86.5 cm³/mol. The third-order valence-corrected chi connectivity index (χ3v) is 3.40. The number of urea groups is 1. The molecule has 7 nitrogen and oxygen atoms in total. The van der Waals surface area contributed by atoms with Crippen molar-refractivity contribution in [1.29, 1.82) is 0 Å². The summed E-state index contributed by atoms with van der Waals surface area (Å²) in [5, 5.41) is 6.79. The van der Waals surface area contributed by atoms with Crippen LogP contribution in [0.4, 0.5) is 10.5 Å². The Morgan fingerprint density at radius 3 is 2.70 bits per heavy atom. The van der Waals surface area contributed by atoms with Gasteiger partial charge in [0.1, 0.15) is 16.9 Å². The molecule has 0 bridgehead atoms. The van der Waals surface area contributed by atoms with Crippen LogP contribution in [0.1, 0.15) is 0 Å². The Balaban J connectivity index is 1.95. The number of anilines is 1. The zero-order valence-electron chi connectivity index (χ0n) is 12.4. The Labute approximate surface area is 131 Å². The number of nitrogens with one attached hydrogen (secondary N) is 2. The topological polar surface area (TPSA) is 107 Å². The molecule has 0 unspecified atom stereocenters. The van der Waals surface area contributed by atoms with E-state index in [2.05, 4.69) is 5.32 Å². The fourth-order valence-electron chi connectivity index (χ4n) is 2.42. The van der Waals surface area contributed by atoms with Gasteiger partial charge in [0, 0.05) is 16.8 Å². The maximum Gasteiger partial charge on any atom is 0.318 e. The summed E-state index contributed by atoms with van der Waals surface area (Å²) < 4.78 is 11.2. The van der Waals surface area contributed by atoms with E-state index in [0.29, 0.717) is 17.0 Å². The largest absolute Gasteiger partial charge is 0.495 e. The molecule has 7 heteroatoms. The number of carbonyl (C=O) groups is 2. The summed E-state index contributed by atoms with van der Waals surface area (Å²) in [4.78, 5) is 22.1. The van der Waals surface area contributed by atoms with Crippen molar-refractivity contribution in [1.82, 2.24) is 5.32 Å². The summed E-state index contributed by atoms with van der Waals surface area (Å²) >= 11 is 0. The highest BCUT2D eigenvalue weighted by atomic mass is 16.5. The van der Waals surface area contributed by atoms with Gasteiger partial charge < -0.3 is 20.2 Å². The first-order chi connectivity index (χ1) is 11.1. The van der Waals surface area contributed by atoms with E-state index >= 15 is 0 Å². The summed E-state index contributed by atoms with van der Waals surface area (Å²) in [7, 11) is 1.54. The molecule has 2 aromatic carbocycles. The Bertz CT molecular complexity index is 901. The maximum atomic E-state index is 11.5. The van der Waals surface area contributed by atoms with Crippen LogP contribution in [0, 0.1) is 0 Å². The standard InChI is InChI=1S/C16H15N3O4/c1-22-14-6-10-9-4-2-3-5-12(9)23-13(10)7-11(14)18-8-15(20)19-16(17)21/h2-7,18H,8H2,1H3,(H3,17,19,20,21). The number of para-hydroxylation sites is 1. The van der Waals surface area contributed by atoms with Crippen LogP contribution in [0.3, 0.4) is 0 Å². The maximum absolute atomic E-state index is 11.5. The van der Waals surface area contributed by atoms with Crippen molar-refractivity contribution in [2.75, 3.05) is 19.0 Å². The van der Waals surface area contributed by atoms with E-state index in [4.69, 9.17) is 14.9 Å². The zero-order valence-corrected chi connectivity index (χ0v) is 12.4. The fourth-order valence-corrected chi connectivity index (χ4v) is 2.42. The van der Waals surface area contributed by atoms with Crippen molar-refractivity contribution >= 4 is 39.6 Å². The summed E-state index contributed by atoms with van der Waals surface area (Å²) in [5.74, 6) is 0.0279. The molecule has 0 aliphatic rings. The van der Waals surface area contributed by atoms with Gasteiger partial charge in [0.05, 0.1) is 19.3 Å². The molecule has 0 saturated heterocycles. The van der Waals surface area contributed by atoms with E-state index in [9.17, 15) is 9.59 Å². The minimum atomic E-state index is -0.892. The number of hydrogen-bond acceptors (Lipinski definition) is 5. The van der Waals surface area contributed by atoms with Crippen molar-refractivity contribution in [2.24, 2.45) is 5.73 Å². The summed E-state index contributed by atoms with van der Waals surface area (Å²) in [5.41, 5.74) is 6.92. The summed E-state index contributed by atoms with van der Waals surface area (Å²) in [6.07, 6.45) is 0. The van der Waals surface area contributed by atoms with E-state index in [1.807, 2.05) is 35.6 Å². The molecule has 23 heavy (non-hydrogen) atoms. The molecule has 0 aliphatic heterocycles. The van der Waals surface area contributed by atoms with Crippen LogP contribution < -0.4 is 21.1 Å². The molecule has 0 fully saturated rings. The monoisotopic (exact) mass is 313 g/mol. The number of rotatable bonds is 4. The Morgan fingerprint density at radius 2 is 1.96 bits per heavy atom. The second-order valence-corrected chi connectivity index (χ2v) is 4.91. The minimum absolute atomic E-state index is 0.120. The van der Waals surface area contributed by atoms with Crippen molar-refractivity contribution < 1.29 is 18.7 Å². The third-order valence-electron chi connectivity index (χ3n) is 3.40. The Morgan fingerprint density at radius 1 is 1.17 bits per heavy atom. The molecule has 0 saturated carbocycles. The number of furan rings is 1. The van der Waals surface area contributed by atoms with Gasteiger partial charge in [-0.1, -0.05) is 18.2 Å². The molecule has 0 atom stereocenters. The summed E-state index contributed by atoms with van der Waals surface area (Å²) in [6.45, 7) is -0.120. The molecule has 4 N–H and O–H groups in total. The molecular weight excluding hydrogens is 298 g/mol. The molecule has 3 rings (SSSR count). The van der Waals surface area contributed by atoms with E-state index in [0.717, 1.165) is 16.4 Å². The van der Waals surface area contributed by atoms with Crippen LogP contribution in [0.2, 0.25) is 0 Å². The van der Waals surface area contributed by atoms with Crippen molar-refractivity contribution in [3.05, 3.63) is 36.4 Å². The SMILES string of the molecule is COc1cc2c(cc1NCC(=O)NC(N)=O)oc1ccccc12. The number of ether oxygens (including phenoxy) is 1. The third kappa shape index (κ3) is 2.89. The predicted octanol–water partition coefficient (Wildman–Crippen LogP) is 2.20. The molecule has 1 aromatic heterocycles. The fraction of sp³-hybridized carbons (Fsp3) is 0.125. The highest BCUT2D eigenvalue weighted by Gasteiger charge is 2.13. The van der Waals surface area contributed by atoms with Gasteiger partial charge in [0.25, 0.3) is 0 Å². The number of amides is 3. The molecule has 118 valence electrons. The van der Waals surface area contributed by atoms with Crippen molar-refractivity contribution in [3.8, 4) is 5.75 Å². The van der Waals surface area contributed by atoms with E-state index < -0.39 is 11.9 Å². The lowest BCUT2D eigenvalue weighted by atomic mass is 10.1. The highest BCUT2D eigenvalue weighted by molar-refractivity contribution is 6.06. The van der Waals surface area contributed by atoms with Gasteiger partial charge in [-0.05, 0) is 12.1 Å². The lowest BCUT2D eigenvalue weighted by Gasteiger charge is -2.10.